The van der Waals surface area contributed by atoms with Crippen molar-refractivity contribution in [2.24, 2.45) is 0 Å². The molecular formula is C18H16Cl2N2O4. The molecule has 0 atom stereocenters. The maximum absolute atomic E-state index is 12.0. The molecule has 0 bridgehead atoms. The van der Waals surface area contributed by atoms with Crippen LogP contribution in [0.2, 0.25) is 10.0 Å². The predicted octanol–water partition coefficient (Wildman–Crippen LogP) is 2.81. The van der Waals surface area contributed by atoms with Crippen molar-refractivity contribution in [2.75, 3.05) is 19.9 Å². The van der Waals surface area contributed by atoms with Gasteiger partial charge in [0.2, 0.25) is 12.7 Å². The molecular weight excluding hydrogens is 379 g/mol. The number of carbonyl (C=O) groups is 2. The van der Waals surface area contributed by atoms with Gasteiger partial charge < -0.3 is 20.1 Å². The van der Waals surface area contributed by atoms with E-state index in [1.807, 2.05) is 18.2 Å². The fourth-order valence-electron chi connectivity index (χ4n) is 2.43. The number of hydrogen-bond acceptors (Lipinski definition) is 4. The normalized spacial score (nSPS) is 11.9. The topological polar surface area (TPSA) is 76.7 Å². The van der Waals surface area contributed by atoms with Crippen molar-refractivity contribution in [2.45, 2.75) is 6.42 Å². The molecule has 0 fully saturated rings. The molecule has 6 nitrogen and oxygen atoms in total. The molecule has 2 amide bonds. The van der Waals surface area contributed by atoms with Gasteiger partial charge in [-0.25, -0.2) is 0 Å². The van der Waals surface area contributed by atoms with Crippen molar-refractivity contribution in [1.29, 1.82) is 0 Å². The van der Waals surface area contributed by atoms with Crippen LogP contribution in [0.3, 0.4) is 0 Å². The van der Waals surface area contributed by atoms with Crippen LogP contribution >= 0.6 is 23.2 Å². The van der Waals surface area contributed by atoms with Gasteiger partial charge in [0.15, 0.2) is 11.5 Å². The maximum Gasteiger partial charge on any atom is 0.253 e. The molecule has 2 aromatic rings. The third-order valence-electron chi connectivity index (χ3n) is 3.76. The van der Waals surface area contributed by atoms with Crippen LogP contribution in [-0.2, 0) is 11.2 Å². The van der Waals surface area contributed by atoms with Crippen LogP contribution in [0.15, 0.2) is 36.4 Å². The summed E-state index contributed by atoms with van der Waals surface area (Å²) >= 11 is 11.8. The fourth-order valence-corrected chi connectivity index (χ4v) is 2.93. The van der Waals surface area contributed by atoms with Crippen LogP contribution in [0.25, 0.3) is 0 Å². The number of halogens is 2. The van der Waals surface area contributed by atoms with Crippen molar-refractivity contribution < 1.29 is 19.1 Å². The molecule has 136 valence electrons. The average molecular weight is 395 g/mol. The molecule has 1 aliphatic rings. The van der Waals surface area contributed by atoms with E-state index in [1.165, 1.54) is 12.1 Å². The summed E-state index contributed by atoms with van der Waals surface area (Å²) < 4.78 is 10.6. The lowest BCUT2D eigenvalue weighted by Gasteiger charge is -2.08. The Morgan fingerprint density at radius 1 is 1.00 bits per heavy atom. The zero-order valence-corrected chi connectivity index (χ0v) is 15.2. The SMILES string of the molecule is O=C(CNC(=O)c1ccc(Cl)cc1Cl)NCCc1ccc2c(c1)OCO2. The van der Waals surface area contributed by atoms with Crippen LogP contribution in [0, 0.1) is 0 Å². The minimum atomic E-state index is -0.433. The van der Waals surface area contributed by atoms with Crippen LogP contribution in [0.5, 0.6) is 11.5 Å². The van der Waals surface area contributed by atoms with Crippen molar-refractivity contribution in [3.63, 3.8) is 0 Å². The first-order valence-electron chi connectivity index (χ1n) is 7.91. The minimum Gasteiger partial charge on any atom is -0.454 e. The molecule has 26 heavy (non-hydrogen) atoms. The molecule has 0 saturated carbocycles. The molecule has 0 aliphatic carbocycles. The van der Waals surface area contributed by atoms with Gasteiger partial charge in [0.1, 0.15) is 0 Å². The van der Waals surface area contributed by atoms with Gasteiger partial charge in [0.05, 0.1) is 17.1 Å². The number of nitrogens with one attached hydrogen (secondary N) is 2. The molecule has 0 aromatic heterocycles. The number of benzene rings is 2. The van der Waals surface area contributed by atoms with E-state index in [0.717, 1.165) is 11.3 Å². The lowest BCUT2D eigenvalue weighted by Crippen LogP contribution is -2.37. The molecule has 8 heteroatoms. The zero-order chi connectivity index (χ0) is 18.5. The monoisotopic (exact) mass is 394 g/mol. The standard InChI is InChI=1S/C18H16Cl2N2O4/c19-12-2-3-13(14(20)8-12)18(24)22-9-17(23)21-6-5-11-1-4-15-16(7-11)26-10-25-15/h1-4,7-8H,5-6,9-10H2,(H,21,23)(H,22,24). The second-order valence-electron chi connectivity index (χ2n) is 5.59. The Balaban J connectivity index is 1.42. The Kier molecular flexibility index (Phi) is 5.85. The number of carbonyl (C=O) groups excluding carboxylic acids is 2. The van der Waals surface area contributed by atoms with Gasteiger partial charge in [-0.15, -0.1) is 0 Å². The molecule has 0 spiro atoms. The minimum absolute atomic E-state index is 0.140. The number of ether oxygens (including phenoxy) is 2. The lowest BCUT2D eigenvalue weighted by molar-refractivity contribution is -0.120. The third-order valence-corrected chi connectivity index (χ3v) is 4.31. The summed E-state index contributed by atoms with van der Waals surface area (Å²) in [5, 5.41) is 5.95. The Morgan fingerprint density at radius 2 is 1.81 bits per heavy atom. The highest BCUT2D eigenvalue weighted by molar-refractivity contribution is 6.36. The van der Waals surface area contributed by atoms with Crippen LogP contribution in [0.4, 0.5) is 0 Å². The predicted molar refractivity (Wildman–Crippen MR) is 98.1 cm³/mol. The summed E-state index contributed by atoms with van der Waals surface area (Å²) in [4.78, 5) is 23.9. The quantitative estimate of drug-likeness (QED) is 0.789. The molecule has 2 aromatic carbocycles. The van der Waals surface area contributed by atoms with Gasteiger partial charge in [0, 0.05) is 11.6 Å². The highest BCUT2D eigenvalue weighted by Crippen LogP contribution is 2.32. The summed E-state index contributed by atoms with van der Waals surface area (Å²) in [5.74, 6) is 0.712. The second kappa shape index (κ2) is 8.29. The van der Waals surface area contributed by atoms with E-state index >= 15 is 0 Å². The van der Waals surface area contributed by atoms with Gasteiger partial charge in [-0.05, 0) is 42.3 Å². The molecule has 3 rings (SSSR count). The maximum atomic E-state index is 12.0. The third kappa shape index (κ3) is 4.59. The van der Waals surface area contributed by atoms with E-state index in [9.17, 15) is 9.59 Å². The fraction of sp³-hybridized carbons (Fsp3) is 0.222. The average Bonchev–Trinajstić information content (AvgIpc) is 3.07. The Bertz CT molecular complexity index is 842. The second-order valence-corrected chi connectivity index (χ2v) is 6.44. The summed E-state index contributed by atoms with van der Waals surface area (Å²) in [7, 11) is 0. The highest BCUT2D eigenvalue weighted by atomic mass is 35.5. The summed E-state index contributed by atoms with van der Waals surface area (Å²) in [5.41, 5.74) is 1.29. The van der Waals surface area contributed by atoms with Crippen LogP contribution in [0.1, 0.15) is 15.9 Å². The van der Waals surface area contributed by atoms with E-state index < -0.39 is 5.91 Å². The molecule has 0 unspecified atom stereocenters. The van der Waals surface area contributed by atoms with E-state index in [2.05, 4.69) is 10.6 Å². The molecule has 0 saturated heterocycles. The molecule has 0 radical (unpaired) electrons. The van der Waals surface area contributed by atoms with Gasteiger partial charge in [-0.3, -0.25) is 9.59 Å². The first-order chi connectivity index (χ1) is 12.5. The Morgan fingerprint density at radius 3 is 2.62 bits per heavy atom. The molecule has 2 N–H and O–H groups in total. The number of hydrogen-bond donors (Lipinski definition) is 2. The number of rotatable bonds is 6. The Labute approximate surface area is 160 Å². The first kappa shape index (κ1) is 18.4. The van der Waals surface area contributed by atoms with E-state index in [1.54, 1.807) is 6.07 Å². The summed E-state index contributed by atoms with van der Waals surface area (Å²) in [6.07, 6.45) is 0.638. The first-order valence-corrected chi connectivity index (χ1v) is 8.67. The van der Waals surface area contributed by atoms with Crippen molar-refractivity contribution in [3.8, 4) is 11.5 Å². The van der Waals surface area contributed by atoms with Crippen molar-refractivity contribution in [3.05, 3.63) is 57.6 Å². The molecule has 1 aliphatic heterocycles. The van der Waals surface area contributed by atoms with Gasteiger partial charge in [-0.2, -0.15) is 0 Å². The van der Waals surface area contributed by atoms with E-state index in [-0.39, 0.29) is 29.8 Å². The van der Waals surface area contributed by atoms with Gasteiger partial charge >= 0.3 is 0 Å². The Hall–Kier alpha value is -2.44. The number of amides is 2. The zero-order valence-electron chi connectivity index (χ0n) is 13.7. The highest BCUT2D eigenvalue weighted by Gasteiger charge is 2.14. The van der Waals surface area contributed by atoms with E-state index in [4.69, 9.17) is 32.7 Å². The van der Waals surface area contributed by atoms with Crippen molar-refractivity contribution in [1.82, 2.24) is 10.6 Å². The number of fused-ring (bicyclic) bond motifs is 1. The van der Waals surface area contributed by atoms with Crippen molar-refractivity contribution >= 4 is 35.0 Å². The smallest absolute Gasteiger partial charge is 0.253 e. The summed E-state index contributed by atoms with van der Waals surface area (Å²) in [6, 6.07) is 10.2. The van der Waals surface area contributed by atoms with Crippen LogP contribution in [-0.4, -0.2) is 31.7 Å². The molecule has 1 heterocycles. The largest absolute Gasteiger partial charge is 0.454 e. The van der Waals surface area contributed by atoms with Crippen LogP contribution < -0.4 is 20.1 Å². The summed E-state index contributed by atoms with van der Waals surface area (Å²) in [6.45, 7) is 0.530. The van der Waals surface area contributed by atoms with E-state index in [0.29, 0.717) is 23.7 Å². The van der Waals surface area contributed by atoms with Gasteiger partial charge in [0.25, 0.3) is 5.91 Å². The lowest BCUT2D eigenvalue weighted by atomic mass is 10.1. The van der Waals surface area contributed by atoms with Gasteiger partial charge in [-0.1, -0.05) is 29.3 Å².